The van der Waals surface area contributed by atoms with Crippen molar-refractivity contribution in [1.29, 1.82) is 0 Å². The van der Waals surface area contributed by atoms with Crippen LogP contribution in [0.4, 0.5) is 11.4 Å². The van der Waals surface area contributed by atoms with Crippen molar-refractivity contribution in [2.45, 2.75) is 38.3 Å². The first kappa shape index (κ1) is 21.9. The van der Waals surface area contributed by atoms with Gasteiger partial charge in [-0.2, -0.15) is 0 Å². The third-order valence-corrected chi connectivity index (χ3v) is 8.59. The average molecular weight is 500 g/mol. The van der Waals surface area contributed by atoms with Crippen LogP contribution >= 0.6 is 23.2 Å². The van der Waals surface area contributed by atoms with E-state index in [1.54, 1.807) is 24.3 Å². The molecule has 2 aromatic rings. The summed E-state index contributed by atoms with van der Waals surface area (Å²) in [5.74, 6) is -2.12. The number of benzene rings is 2. The number of carbonyl (C=O) groups is 3. The van der Waals surface area contributed by atoms with E-state index in [1.807, 2.05) is 13.8 Å². The summed E-state index contributed by atoms with van der Waals surface area (Å²) < 4.78 is 5.49. The Morgan fingerprint density at radius 1 is 1.06 bits per heavy atom. The molecule has 3 saturated heterocycles. The maximum atomic E-state index is 14.2. The molecule has 3 amide bonds. The number of halogens is 2. The van der Waals surface area contributed by atoms with E-state index in [2.05, 4.69) is 10.2 Å². The fraction of sp³-hybridized carbons (Fsp3) is 0.400. The number of anilines is 2. The zero-order valence-corrected chi connectivity index (χ0v) is 20.5. The van der Waals surface area contributed by atoms with E-state index < -0.39 is 23.3 Å². The van der Waals surface area contributed by atoms with Gasteiger partial charge in [0.15, 0.2) is 0 Å². The van der Waals surface area contributed by atoms with Crippen molar-refractivity contribution in [2.75, 3.05) is 23.9 Å². The molecule has 0 radical (unpaired) electrons. The predicted molar refractivity (Wildman–Crippen MR) is 128 cm³/mol. The Labute approximate surface area is 206 Å². The Kier molecular flexibility index (Phi) is 4.63. The molecule has 4 aliphatic heterocycles. The normalized spacial score (nSPS) is 29.6. The second-order valence-electron chi connectivity index (χ2n) is 9.56. The Balaban J connectivity index is 1.58. The van der Waals surface area contributed by atoms with Crippen molar-refractivity contribution in [3.8, 4) is 5.75 Å². The molecule has 34 heavy (non-hydrogen) atoms. The second-order valence-corrected chi connectivity index (χ2v) is 10.4. The first-order chi connectivity index (χ1) is 16.2. The van der Waals surface area contributed by atoms with Gasteiger partial charge in [-0.25, -0.2) is 4.90 Å². The number of aryl methyl sites for hydroxylation is 2. The van der Waals surface area contributed by atoms with Gasteiger partial charge in [0.1, 0.15) is 11.3 Å². The largest absolute Gasteiger partial charge is 0.495 e. The minimum absolute atomic E-state index is 0.207. The van der Waals surface area contributed by atoms with Gasteiger partial charge in [0.05, 0.1) is 24.6 Å². The van der Waals surface area contributed by atoms with E-state index in [9.17, 15) is 14.4 Å². The SMILES string of the molecule is COc1cc(Cl)c(C)cc1N1C(=O)[C@H]2[C@@H](C1=O)[C@]1(C(=O)Nc3c(C)cc(Cl)cc31)N1CCC[C@@H]21. The van der Waals surface area contributed by atoms with E-state index in [1.165, 1.54) is 12.0 Å². The van der Waals surface area contributed by atoms with Gasteiger partial charge in [0, 0.05) is 33.4 Å². The number of nitrogens with zero attached hydrogens (tertiary/aromatic N) is 2. The number of hydrogen-bond acceptors (Lipinski definition) is 5. The van der Waals surface area contributed by atoms with E-state index in [4.69, 9.17) is 27.9 Å². The molecule has 2 aromatic carbocycles. The smallest absolute Gasteiger partial charge is 0.250 e. The molecule has 0 aromatic heterocycles. The van der Waals surface area contributed by atoms with Crippen molar-refractivity contribution in [1.82, 2.24) is 4.90 Å². The number of methoxy groups -OCH3 is 1. The van der Waals surface area contributed by atoms with Crippen LogP contribution in [0.25, 0.3) is 0 Å². The van der Waals surface area contributed by atoms with E-state index in [0.717, 1.165) is 24.0 Å². The lowest BCUT2D eigenvalue weighted by molar-refractivity contribution is -0.135. The van der Waals surface area contributed by atoms with Crippen molar-refractivity contribution < 1.29 is 19.1 Å². The zero-order valence-electron chi connectivity index (χ0n) is 18.9. The number of ether oxygens (including phenoxy) is 1. The third kappa shape index (κ3) is 2.50. The Bertz CT molecular complexity index is 1310. The minimum atomic E-state index is -1.27. The molecule has 176 valence electrons. The molecule has 1 N–H and O–H groups in total. The molecule has 4 atom stereocenters. The summed E-state index contributed by atoms with van der Waals surface area (Å²) in [6, 6.07) is 6.66. The standard InChI is InChI=1S/C25H23Cl2N3O4/c1-11-8-17(18(34-3)10-15(11)27)30-22(31)19-16-5-4-6-29(16)25(20(19)23(30)32)14-9-13(26)7-12(2)21(14)28-24(25)33/h7-10,16,19-20H,4-6H2,1-3H3,(H,28,33)/t16-,19+,20-,25+/m0/s1. The van der Waals surface area contributed by atoms with Crippen LogP contribution in [0, 0.1) is 25.7 Å². The lowest BCUT2D eigenvalue weighted by atomic mass is 9.75. The van der Waals surface area contributed by atoms with Crippen LogP contribution in [0.2, 0.25) is 10.0 Å². The summed E-state index contributed by atoms with van der Waals surface area (Å²) in [6.45, 7) is 4.33. The predicted octanol–water partition coefficient (Wildman–Crippen LogP) is 4.05. The second kappa shape index (κ2) is 7.20. The highest BCUT2D eigenvalue weighted by molar-refractivity contribution is 6.32. The molecular weight excluding hydrogens is 477 g/mol. The maximum Gasteiger partial charge on any atom is 0.250 e. The van der Waals surface area contributed by atoms with Gasteiger partial charge in [-0.1, -0.05) is 23.2 Å². The average Bonchev–Trinajstić information content (AvgIpc) is 3.49. The lowest BCUT2D eigenvalue weighted by Gasteiger charge is -2.36. The summed E-state index contributed by atoms with van der Waals surface area (Å²) in [5.41, 5.74) is 2.00. The van der Waals surface area contributed by atoms with Gasteiger partial charge in [-0.3, -0.25) is 19.3 Å². The lowest BCUT2D eigenvalue weighted by Crippen LogP contribution is -2.54. The van der Waals surface area contributed by atoms with E-state index in [0.29, 0.717) is 39.3 Å². The first-order valence-corrected chi connectivity index (χ1v) is 12.1. The van der Waals surface area contributed by atoms with E-state index >= 15 is 0 Å². The van der Waals surface area contributed by atoms with Crippen molar-refractivity contribution in [2.24, 2.45) is 11.8 Å². The molecule has 0 saturated carbocycles. The molecule has 0 bridgehead atoms. The Hall–Kier alpha value is -2.61. The number of nitrogens with one attached hydrogen (secondary N) is 1. The summed E-state index contributed by atoms with van der Waals surface area (Å²) in [4.78, 5) is 45.2. The number of fused-ring (bicyclic) bond motifs is 7. The molecule has 7 nitrogen and oxygen atoms in total. The summed E-state index contributed by atoms with van der Waals surface area (Å²) in [6.07, 6.45) is 1.59. The van der Waals surface area contributed by atoms with Crippen LogP contribution in [0.3, 0.4) is 0 Å². The van der Waals surface area contributed by atoms with Crippen LogP contribution in [0.5, 0.6) is 5.75 Å². The molecule has 0 unspecified atom stereocenters. The Morgan fingerprint density at radius 2 is 1.82 bits per heavy atom. The molecule has 9 heteroatoms. The molecule has 4 aliphatic rings. The molecule has 1 spiro atoms. The topological polar surface area (TPSA) is 78.9 Å². The highest BCUT2D eigenvalue weighted by atomic mass is 35.5. The van der Waals surface area contributed by atoms with Crippen molar-refractivity contribution in [3.63, 3.8) is 0 Å². The highest BCUT2D eigenvalue weighted by Gasteiger charge is 2.75. The van der Waals surface area contributed by atoms with Crippen LogP contribution in [-0.4, -0.2) is 42.3 Å². The van der Waals surface area contributed by atoms with Crippen LogP contribution in [-0.2, 0) is 19.9 Å². The zero-order chi connectivity index (χ0) is 24.1. The summed E-state index contributed by atoms with van der Waals surface area (Å²) >= 11 is 12.7. The monoisotopic (exact) mass is 499 g/mol. The summed E-state index contributed by atoms with van der Waals surface area (Å²) in [5, 5.41) is 3.99. The fourth-order valence-electron chi connectivity index (χ4n) is 6.66. The van der Waals surface area contributed by atoms with Gasteiger partial charge in [-0.15, -0.1) is 0 Å². The molecule has 4 heterocycles. The quantitative estimate of drug-likeness (QED) is 0.630. The van der Waals surface area contributed by atoms with Gasteiger partial charge in [0.25, 0.3) is 0 Å². The fourth-order valence-corrected chi connectivity index (χ4v) is 7.09. The van der Waals surface area contributed by atoms with Crippen LogP contribution in [0.1, 0.15) is 29.5 Å². The van der Waals surface area contributed by atoms with E-state index in [-0.39, 0.29) is 17.9 Å². The molecular formula is C25H23Cl2N3O4. The maximum absolute atomic E-state index is 14.2. The number of imide groups is 1. The molecule has 6 rings (SSSR count). The number of hydrogen-bond donors (Lipinski definition) is 1. The summed E-state index contributed by atoms with van der Waals surface area (Å²) in [7, 11) is 1.47. The van der Waals surface area contributed by atoms with Gasteiger partial charge in [0.2, 0.25) is 17.7 Å². The van der Waals surface area contributed by atoms with Gasteiger partial charge >= 0.3 is 0 Å². The molecule has 3 fully saturated rings. The van der Waals surface area contributed by atoms with Gasteiger partial charge in [-0.05, 0) is 62.6 Å². The van der Waals surface area contributed by atoms with Crippen molar-refractivity contribution in [3.05, 3.63) is 51.0 Å². The minimum Gasteiger partial charge on any atom is -0.495 e. The van der Waals surface area contributed by atoms with Gasteiger partial charge < -0.3 is 10.1 Å². The third-order valence-electron chi connectivity index (χ3n) is 7.96. The van der Waals surface area contributed by atoms with Crippen molar-refractivity contribution >= 4 is 52.3 Å². The Morgan fingerprint density at radius 3 is 2.56 bits per heavy atom. The van der Waals surface area contributed by atoms with Crippen LogP contribution < -0.4 is 15.0 Å². The molecule has 0 aliphatic carbocycles. The first-order valence-electron chi connectivity index (χ1n) is 11.3. The van der Waals surface area contributed by atoms with Crippen LogP contribution in [0.15, 0.2) is 24.3 Å². The number of rotatable bonds is 2. The number of amides is 3. The number of carbonyl (C=O) groups excluding carboxylic acids is 3. The highest BCUT2D eigenvalue weighted by Crippen LogP contribution is 2.61.